The van der Waals surface area contributed by atoms with Gasteiger partial charge in [0, 0.05) is 36.8 Å². The van der Waals surface area contributed by atoms with Gasteiger partial charge < -0.3 is 9.80 Å². The minimum absolute atomic E-state index is 0.0856. The van der Waals surface area contributed by atoms with E-state index in [1.165, 1.54) is 6.20 Å². The van der Waals surface area contributed by atoms with E-state index in [1.807, 2.05) is 16.0 Å². The Bertz CT molecular complexity index is 795. The zero-order valence-corrected chi connectivity index (χ0v) is 15.0. The lowest BCUT2D eigenvalue weighted by atomic mass is 9.95. The van der Waals surface area contributed by atoms with Crippen molar-refractivity contribution < 1.29 is 4.39 Å². The number of nitrogens with zero attached hydrogens (tertiary/aromatic N) is 6. The number of anilines is 2. The van der Waals surface area contributed by atoms with E-state index in [1.54, 1.807) is 0 Å². The van der Waals surface area contributed by atoms with E-state index in [9.17, 15) is 4.39 Å². The number of halogens is 1. The molecule has 0 atom stereocenters. The minimum atomic E-state index is -0.350. The highest BCUT2D eigenvalue weighted by Gasteiger charge is 2.27. The van der Waals surface area contributed by atoms with E-state index in [-0.39, 0.29) is 11.2 Å². The fourth-order valence-corrected chi connectivity index (χ4v) is 3.31. The molecular formula is C18H23FN6. The van der Waals surface area contributed by atoms with Crippen molar-refractivity contribution in [3.05, 3.63) is 35.3 Å². The van der Waals surface area contributed by atoms with E-state index in [0.29, 0.717) is 24.9 Å². The minimum Gasteiger partial charge on any atom is -0.354 e. The van der Waals surface area contributed by atoms with Gasteiger partial charge in [-0.3, -0.25) is 0 Å². The molecule has 2 aliphatic rings. The molecule has 0 saturated carbocycles. The quantitative estimate of drug-likeness (QED) is 0.836. The zero-order valence-electron chi connectivity index (χ0n) is 15.0. The summed E-state index contributed by atoms with van der Waals surface area (Å²) < 4.78 is 14.1. The van der Waals surface area contributed by atoms with Crippen LogP contribution in [0, 0.1) is 5.82 Å². The topological polar surface area (TPSA) is 58.0 Å². The van der Waals surface area contributed by atoms with Gasteiger partial charge in [0.05, 0.1) is 18.4 Å². The summed E-state index contributed by atoms with van der Waals surface area (Å²) in [6, 6.07) is 0. The van der Waals surface area contributed by atoms with Crippen molar-refractivity contribution in [1.29, 1.82) is 0 Å². The van der Waals surface area contributed by atoms with Crippen LogP contribution < -0.4 is 9.80 Å². The van der Waals surface area contributed by atoms with Crippen LogP contribution in [0.25, 0.3) is 0 Å². The van der Waals surface area contributed by atoms with E-state index in [4.69, 9.17) is 4.98 Å². The number of hydrogen-bond donors (Lipinski definition) is 0. The molecule has 0 N–H and O–H groups in total. The Balaban J connectivity index is 1.60. The van der Waals surface area contributed by atoms with Crippen molar-refractivity contribution in [2.45, 2.75) is 52.1 Å². The first-order chi connectivity index (χ1) is 11.9. The molecule has 1 saturated heterocycles. The molecule has 0 spiro atoms. The summed E-state index contributed by atoms with van der Waals surface area (Å²) in [4.78, 5) is 22.0. The van der Waals surface area contributed by atoms with Crippen LogP contribution in [0.15, 0.2) is 12.4 Å². The van der Waals surface area contributed by atoms with Gasteiger partial charge >= 0.3 is 0 Å². The Morgan fingerprint density at radius 1 is 0.960 bits per heavy atom. The average molecular weight is 342 g/mol. The molecular weight excluding hydrogens is 319 g/mol. The second kappa shape index (κ2) is 5.89. The normalized spacial score (nSPS) is 17.3. The molecule has 7 heteroatoms. The van der Waals surface area contributed by atoms with Crippen LogP contribution in [0.1, 0.15) is 50.7 Å². The van der Waals surface area contributed by atoms with Gasteiger partial charge in [0.2, 0.25) is 5.95 Å². The maximum Gasteiger partial charge on any atom is 0.228 e. The molecule has 25 heavy (non-hydrogen) atoms. The van der Waals surface area contributed by atoms with Gasteiger partial charge in [-0.25, -0.2) is 19.3 Å². The number of hydrogen-bond acceptors (Lipinski definition) is 6. The molecule has 2 aromatic heterocycles. The Morgan fingerprint density at radius 2 is 1.72 bits per heavy atom. The monoisotopic (exact) mass is 342 g/mol. The second-order valence-corrected chi connectivity index (χ2v) is 7.81. The fourth-order valence-electron chi connectivity index (χ4n) is 3.31. The summed E-state index contributed by atoms with van der Waals surface area (Å²) >= 11 is 0. The van der Waals surface area contributed by atoms with Crippen molar-refractivity contribution in [2.75, 3.05) is 22.9 Å². The van der Waals surface area contributed by atoms with Crippen LogP contribution in [0.2, 0.25) is 0 Å². The molecule has 4 rings (SSSR count). The average Bonchev–Trinajstić information content (AvgIpc) is 3.23. The predicted molar refractivity (Wildman–Crippen MR) is 94.1 cm³/mol. The highest BCUT2D eigenvalue weighted by molar-refractivity contribution is 5.48. The molecule has 0 unspecified atom stereocenters. The maximum absolute atomic E-state index is 14.1. The lowest BCUT2D eigenvalue weighted by molar-refractivity contribution is 0.541. The molecule has 1 fully saturated rings. The first-order valence-corrected chi connectivity index (χ1v) is 8.79. The third-order valence-electron chi connectivity index (χ3n) is 4.73. The van der Waals surface area contributed by atoms with E-state index in [0.717, 1.165) is 43.0 Å². The fraction of sp³-hybridized carbons (Fsp3) is 0.556. The first kappa shape index (κ1) is 16.2. The third kappa shape index (κ3) is 3.03. The zero-order chi connectivity index (χ0) is 17.6. The van der Waals surface area contributed by atoms with Crippen LogP contribution in [0.5, 0.6) is 0 Å². The highest BCUT2D eigenvalue weighted by Crippen LogP contribution is 2.29. The smallest absolute Gasteiger partial charge is 0.228 e. The van der Waals surface area contributed by atoms with Crippen LogP contribution in [0.4, 0.5) is 16.2 Å². The van der Waals surface area contributed by atoms with Gasteiger partial charge in [-0.15, -0.1) is 0 Å². The lowest BCUT2D eigenvalue weighted by Gasteiger charge is -2.20. The molecule has 6 nitrogen and oxygen atoms in total. The highest BCUT2D eigenvalue weighted by atomic mass is 19.1. The van der Waals surface area contributed by atoms with Gasteiger partial charge in [-0.05, 0) is 12.8 Å². The molecule has 0 aliphatic carbocycles. The Hall–Kier alpha value is -2.31. The van der Waals surface area contributed by atoms with Gasteiger partial charge in [0.15, 0.2) is 11.6 Å². The summed E-state index contributed by atoms with van der Waals surface area (Å²) in [5.41, 5.74) is 2.01. The molecule has 0 bridgehead atoms. The predicted octanol–water partition coefficient (Wildman–Crippen LogP) is 2.82. The maximum atomic E-state index is 14.1. The van der Waals surface area contributed by atoms with Gasteiger partial charge in [0.25, 0.3) is 0 Å². The first-order valence-electron chi connectivity index (χ1n) is 8.79. The van der Waals surface area contributed by atoms with Gasteiger partial charge in [0.1, 0.15) is 5.82 Å². The SMILES string of the molecule is CC(C)(C)c1ncc2c(n1)CN(c1ncc(F)c(N3CCCC3)n1)C2. The van der Waals surface area contributed by atoms with E-state index >= 15 is 0 Å². The van der Waals surface area contributed by atoms with E-state index in [2.05, 4.69) is 35.7 Å². The second-order valence-electron chi connectivity index (χ2n) is 7.81. The molecule has 0 amide bonds. The molecule has 2 aliphatic heterocycles. The van der Waals surface area contributed by atoms with Crippen molar-refractivity contribution in [2.24, 2.45) is 0 Å². The molecule has 0 aromatic carbocycles. The number of rotatable bonds is 2. The van der Waals surface area contributed by atoms with Crippen LogP contribution in [0.3, 0.4) is 0 Å². The summed E-state index contributed by atoms with van der Waals surface area (Å²) in [7, 11) is 0. The molecule has 132 valence electrons. The summed E-state index contributed by atoms with van der Waals surface area (Å²) in [5.74, 6) is 1.46. The Kier molecular flexibility index (Phi) is 3.81. The summed E-state index contributed by atoms with van der Waals surface area (Å²) in [6.07, 6.45) is 5.34. The van der Waals surface area contributed by atoms with Gasteiger partial charge in [-0.2, -0.15) is 4.98 Å². The summed E-state index contributed by atoms with van der Waals surface area (Å²) in [5, 5.41) is 0. The standard InChI is InChI=1S/C18H23FN6/c1-18(2,3)16-20-8-12-10-25(11-14(12)22-16)17-21-9-13(19)15(23-17)24-6-4-5-7-24/h8-9H,4-7,10-11H2,1-3H3. The van der Waals surface area contributed by atoms with Crippen LogP contribution in [-0.2, 0) is 18.5 Å². The molecule has 2 aromatic rings. The summed E-state index contributed by atoms with van der Waals surface area (Å²) in [6.45, 7) is 9.31. The third-order valence-corrected chi connectivity index (χ3v) is 4.73. The van der Waals surface area contributed by atoms with Crippen molar-refractivity contribution in [1.82, 2.24) is 19.9 Å². The van der Waals surface area contributed by atoms with Crippen molar-refractivity contribution in [3.8, 4) is 0 Å². The van der Waals surface area contributed by atoms with Crippen molar-refractivity contribution >= 4 is 11.8 Å². The van der Waals surface area contributed by atoms with Gasteiger partial charge in [-0.1, -0.05) is 20.8 Å². The van der Waals surface area contributed by atoms with Crippen LogP contribution in [-0.4, -0.2) is 33.0 Å². The largest absolute Gasteiger partial charge is 0.354 e. The number of fused-ring (bicyclic) bond motifs is 1. The van der Waals surface area contributed by atoms with Crippen LogP contribution >= 0.6 is 0 Å². The molecule has 0 radical (unpaired) electrons. The lowest BCUT2D eigenvalue weighted by Crippen LogP contribution is -2.24. The Morgan fingerprint density at radius 3 is 2.44 bits per heavy atom. The number of aromatic nitrogens is 4. The molecule has 4 heterocycles. The Labute approximate surface area is 147 Å². The van der Waals surface area contributed by atoms with Crippen molar-refractivity contribution in [3.63, 3.8) is 0 Å². The van der Waals surface area contributed by atoms with E-state index < -0.39 is 0 Å².